The molecular formula is C47H68Cl2N2ORu. The quantitative estimate of drug-likeness (QED) is 0.125. The summed E-state index contributed by atoms with van der Waals surface area (Å²) >= 11 is -1.87. The SMILES string of the molecule is CC(C)(C)C1=C[C@H](C(C)(C)C)CC(N2C=CN([C@H]3C=C(C(C)(C)C)C[C@@H](C(C)(C)C)C3)[CH-]2)=C1.CC(C)[OH+]c1c([CH]=[Ru]([Cl])[Cl])cccc1-c1ccccc1. The maximum atomic E-state index is 6.03. The number of hydrogen-bond donors (Lipinski definition) is 0. The minimum absolute atomic E-state index is 0.159. The predicted octanol–water partition coefficient (Wildman–Crippen LogP) is 14.0. The molecule has 2 aromatic carbocycles. The average molecular weight is 849 g/mol. The Kier molecular flexibility index (Phi) is 14.3. The number of rotatable bonds is 6. The summed E-state index contributed by atoms with van der Waals surface area (Å²) in [4.78, 5) is 4.86. The van der Waals surface area contributed by atoms with E-state index in [2.05, 4.69) is 162 Å². The van der Waals surface area contributed by atoms with E-state index >= 15 is 0 Å². The molecule has 0 saturated heterocycles. The predicted molar refractivity (Wildman–Crippen MR) is 229 cm³/mol. The molecule has 1 aliphatic heterocycles. The first-order chi connectivity index (χ1) is 24.4. The van der Waals surface area contributed by atoms with E-state index in [-0.39, 0.29) is 22.3 Å². The average Bonchev–Trinajstić information content (AvgIpc) is 3.55. The molecule has 1 N–H and O–H groups in total. The van der Waals surface area contributed by atoms with Gasteiger partial charge in [0.05, 0.1) is 0 Å². The van der Waals surface area contributed by atoms with Crippen LogP contribution >= 0.6 is 19.4 Å². The van der Waals surface area contributed by atoms with Gasteiger partial charge in [-0.2, -0.15) is 6.67 Å². The van der Waals surface area contributed by atoms with Gasteiger partial charge in [0.15, 0.2) is 0 Å². The Morgan fingerprint density at radius 2 is 1.45 bits per heavy atom. The van der Waals surface area contributed by atoms with Crippen LogP contribution in [0.5, 0.6) is 5.75 Å². The molecule has 53 heavy (non-hydrogen) atoms. The van der Waals surface area contributed by atoms with Crippen molar-refractivity contribution in [3.8, 4) is 16.9 Å². The molecule has 0 unspecified atom stereocenters. The van der Waals surface area contributed by atoms with Gasteiger partial charge in [-0.15, -0.1) is 0 Å². The number of halogens is 2. The van der Waals surface area contributed by atoms with E-state index in [1.165, 1.54) is 24.1 Å². The van der Waals surface area contributed by atoms with Crippen molar-refractivity contribution >= 4 is 24.0 Å². The minimum atomic E-state index is -1.87. The van der Waals surface area contributed by atoms with Crippen LogP contribution in [0.25, 0.3) is 11.1 Å². The number of para-hydroxylation sites is 1. The summed E-state index contributed by atoms with van der Waals surface area (Å²) in [6.45, 7) is 35.0. The fourth-order valence-corrected chi connectivity index (χ4v) is 8.93. The second-order valence-corrected chi connectivity index (χ2v) is 25.3. The summed E-state index contributed by atoms with van der Waals surface area (Å²) in [5.41, 5.74) is 8.77. The Bertz CT molecular complexity index is 1700. The van der Waals surface area contributed by atoms with Crippen molar-refractivity contribution in [2.45, 2.75) is 128 Å². The molecule has 0 amide bonds. The summed E-state index contributed by atoms with van der Waals surface area (Å²) in [7, 11) is 12.1. The van der Waals surface area contributed by atoms with Gasteiger partial charge >= 0.3 is 133 Å². The molecule has 3 aliphatic rings. The van der Waals surface area contributed by atoms with Crippen LogP contribution in [0, 0.1) is 40.2 Å². The zero-order valence-corrected chi connectivity index (χ0v) is 38.3. The molecule has 0 radical (unpaired) electrons. The molecule has 6 heteroatoms. The van der Waals surface area contributed by atoms with Gasteiger partial charge < -0.3 is 9.80 Å². The first-order valence-electron chi connectivity index (χ1n) is 19.4. The van der Waals surface area contributed by atoms with Crippen molar-refractivity contribution < 1.29 is 18.3 Å². The molecule has 3 atom stereocenters. The molecular weight excluding hydrogens is 781 g/mol. The summed E-state index contributed by atoms with van der Waals surface area (Å²) in [6, 6.07) is 16.8. The van der Waals surface area contributed by atoms with Gasteiger partial charge in [0.2, 0.25) is 0 Å². The third kappa shape index (κ3) is 12.2. The molecule has 0 bridgehead atoms. The summed E-state index contributed by atoms with van der Waals surface area (Å²) in [5, 5.41) is 0. The van der Waals surface area contributed by atoms with Gasteiger partial charge in [-0.25, -0.2) is 0 Å². The molecule has 294 valence electrons. The number of aliphatic hydroxyl groups is 1. The monoisotopic (exact) mass is 848 g/mol. The molecule has 0 spiro atoms. The van der Waals surface area contributed by atoms with Crippen molar-refractivity contribution in [3.05, 3.63) is 108 Å². The van der Waals surface area contributed by atoms with Crippen LogP contribution in [0.15, 0.2) is 96.0 Å². The van der Waals surface area contributed by atoms with Crippen LogP contribution < -0.4 is 0 Å². The zero-order chi connectivity index (χ0) is 39.5. The Morgan fingerprint density at radius 1 is 0.792 bits per heavy atom. The second-order valence-electron chi connectivity index (χ2n) is 19.6. The number of aromatic hydroxyl groups is 1. The second kappa shape index (κ2) is 17.3. The third-order valence-corrected chi connectivity index (χ3v) is 12.6. The van der Waals surface area contributed by atoms with E-state index in [0.29, 0.717) is 23.3 Å². The Balaban J connectivity index is 0.000000267. The van der Waals surface area contributed by atoms with Crippen LogP contribution in [0.3, 0.4) is 0 Å². The Labute approximate surface area is 337 Å². The fourth-order valence-electron chi connectivity index (χ4n) is 7.14. The Morgan fingerprint density at radius 3 is 2.00 bits per heavy atom. The summed E-state index contributed by atoms with van der Waals surface area (Å²) in [5.74, 6) is 2.23. The first kappa shape index (κ1) is 43.6. The van der Waals surface area contributed by atoms with Crippen molar-refractivity contribution in [2.24, 2.45) is 33.5 Å². The fraction of sp³-hybridized carbons (Fsp3) is 0.532. The van der Waals surface area contributed by atoms with E-state index in [4.69, 9.17) is 24.1 Å². The summed E-state index contributed by atoms with van der Waals surface area (Å²) in [6.07, 6.45) is 15.9. The number of allylic oxidation sites excluding steroid dienone is 5. The van der Waals surface area contributed by atoms with Crippen LogP contribution in [-0.4, -0.2) is 31.3 Å². The molecule has 1 heterocycles. The van der Waals surface area contributed by atoms with Crippen molar-refractivity contribution in [1.82, 2.24) is 9.80 Å². The normalized spacial score (nSPS) is 21.4. The topological polar surface area (TPSA) is 19.3 Å². The van der Waals surface area contributed by atoms with Crippen molar-refractivity contribution in [1.29, 1.82) is 0 Å². The standard InChI is InChI=1S/C31H51N2.C16H16O.2ClH.Ru/c1-28(2,3)22-15-23(29(4,5)6)18-26(17-22)32-13-14-33(21-32)27-19-24(30(7,8)9)16-25(20-27)31(10,11)12;1-12(2)17-16-13(3)8-7-11-15(16)14-9-5-4-6-10-14;;;/h13-15,17,19,21,23,25,27H,16,18,20H2,1-12H3;3-12H,1-2H3;2*1H;/q-1;;;;+2/p-1/t23-,25+,27-;;;;/m0..../s1. The molecule has 0 saturated carbocycles. The van der Waals surface area contributed by atoms with E-state index in [0.717, 1.165) is 28.9 Å². The van der Waals surface area contributed by atoms with Crippen LogP contribution in [0.2, 0.25) is 0 Å². The van der Waals surface area contributed by atoms with E-state index in [1.54, 1.807) is 5.57 Å². The van der Waals surface area contributed by atoms with E-state index < -0.39 is 13.5 Å². The van der Waals surface area contributed by atoms with Crippen molar-refractivity contribution in [3.63, 3.8) is 0 Å². The third-order valence-electron chi connectivity index (χ3n) is 10.8. The van der Waals surface area contributed by atoms with E-state index in [9.17, 15) is 0 Å². The molecule has 0 fully saturated rings. The molecule has 3 nitrogen and oxygen atoms in total. The van der Waals surface area contributed by atoms with Crippen LogP contribution in [0.4, 0.5) is 0 Å². The van der Waals surface area contributed by atoms with Crippen molar-refractivity contribution in [2.75, 3.05) is 0 Å². The van der Waals surface area contributed by atoms with Crippen LogP contribution in [0.1, 0.15) is 122 Å². The molecule has 5 rings (SSSR count). The van der Waals surface area contributed by atoms with Gasteiger partial charge in [0, 0.05) is 6.04 Å². The summed E-state index contributed by atoms with van der Waals surface area (Å²) < 4.78 is 6.72. The number of hydrogen-bond acceptors (Lipinski definition) is 2. The zero-order valence-electron chi connectivity index (χ0n) is 35.0. The van der Waals surface area contributed by atoms with Gasteiger partial charge in [0.25, 0.3) is 0 Å². The van der Waals surface area contributed by atoms with Gasteiger partial charge in [0.1, 0.15) is 0 Å². The molecule has 2 aliphatic carbocycles. The first-order valence-corrected chi connectivity index (χ1v) is 24.9. The molecule has 0 aromatic heterocycles. The maximum absolute atomic E-state index is 6.03. The number of benzene rings is 2. The van der Waals surface area contributed by atoms with Crippen LogP contribution in [-0.2, 0) is 13.5 Å². The Hall–Kier alpha value is -2.13. The molecule has 2 aromatic rings. The number of ether oxygens (including phenoxy) is 1. The van der Waals surface area contributed by atoms with Gasteiger partial charge in [-0.3, -0.25) is 0 Å². The van der Waals surface area contributed by atoms with Gasteiger partial charge in [-0.1, -0.05) is 101 Å². The van der Waals surface area contributed by atoms with Gasteiger partial charge in [-0.05, 0) is 82.5 Å². The number of nitrogens with zero attached hydrogens (tertiary/aromatic N) is 2. The van der Waals surface area contributed by atoms with E-state index in [1.807, 2.05) is 34.9 Å².